The number of amides is 1. The molecule has 47 heavy (non-hydrogen) atoms. The van der Waals surface area contributed by atoms with E-state index in [1.807, 2.05) is 44.2 Å². The zero-order valence-electron chi connectivity index (χ0n) is 27.3. The number of rotatable bonds is 14. The van der Waals surface area contributed by atoms with Gasteiger partial charge in [-0.15, -0.1) is 0 Å². The van der Waals surface area contributed by atoms with Gasteiger partial charge < -0.3 is 35.5 Å². The number of benzene rings is 3. The van der Waals surface area contributed by atoms with Crippen LogP contribution in [-0.2, 0) is 6.42 Å². The maximum absolute atomic E-state index is 15.0. The molecule has 11 heteroatoms. The molecule has 0 bridgehead atoms. The van der Waals surface area contributed by atoms with Crippen molar-refractivity contribution in [1.82, 2.24) is 14.9 Å². The first-order chi connectivity index (χ1) is 22.8. The quantitative estimate of drug-likeness (QED) is 0.128. The highest BCUT2D eigenvalue weighted by Gasteiger charge is 2.21. The fourth-order valence-electron chi connectivity index (χ4n) is 5.55. The number of methoxy groups -OCH3 is 1. The summed E-state index contributed by atoms with van der Waals surface area (Å²) < 4.78 is 32.5. The van der Waals surface area contributed by atoms with Gasteiger partial charge in [0.05, 0.1) is 13.7 Å². The Kier molecular flexibility index (Phi) is 11.6. The molecule has 5 rings (SSSR count). The van der Waals surface area contributed by atoms with Crippen LogP contribution < -0.4 is 30.6 Å². The smallest absolute Gasteiger partial charge is 0.262 e. The molecule has 1 fully saturated rings. The molecule has 1 aliphatic rings. The lowest BCUT2D eigenvalue weighted by atomic mass is 10.1. The van der Waals surface area contributed by atoms with Crippen molar-refractivity contribution >= 4 is 23.2 Å². The van der Waals surface area contributed by atoms with E-state index in [9.17, 15) is 9.18 Å². The summed E-state index contributed by atoms with van der Waals surface area (Å²) in [4.78, 5) is 24.9. The Morgan fingerprint density at radius 1 is 1.00 bits per heavy atom. The number of aromatic nitrogens is 2. The van der Waals surface area contributed by atoms with Crippen LogP contribution in [0.4, 0.5) is 21.7 Å². The standard InChI is InChI=1S/C36H43FN6O4/c1-24-9-7-10-25(2)33(24)41-34(44)28-23-39-36(42-35(28)47-31-13-11-26(15-16-38)21-32(31)45-3)40-27-12-14-30(29(37)22-27)46-20-8-19-43-17-5-4-6-18-43/h7,9-14,21-23H,4-6,8,15-20,38H2,1-3H3,(H,41,44)(H,39,40,42). The Morgan fingerprint density at radius 3 is 2.49 bits per heavy atom. The van der Waals surface area contributed by atoms with Crippen molar-refractivity contribution in [3.8, 4) is 23.1 Å². The van der Waals surface area contributed by atoms with Crippen LogP contribution in [-0.4, -0.2) is 60.7 Å². The zero-order valence-corrected chi connectivity index (χ0v) is 27.3. The number of anilines is 3. The number of piperidine rings is 1. The van der Waals surface area contributed by atoms with E-state index in [-0.39, 0.29) is 23.1 Å². The minimum atomic E-state index is -0.503. The highest BCUT2D eigenvalue weighted by molar-refractivity contribution is 6.06. The maximum Gasteiger partial charge on any atom is 0.262 e. The van der Waals surface area contributed by atoms with E-state index in [4.69, 9.17) is 19.9 Å². The summed E-state index contributed by atoms with van der Waals surface area (Å²) in [6.07, 6.45) is 6.64. The van der Waals surface area contributed by atoms with Crippen LogP contribution in [0.2, 0.25) is 0 Å². The molecular formula is C36H43FN6O4. The first-order valence-electron chi connectivity index (χ1n) is 16.1. The number of nitrogens with two attached hydrogens (primary N) is 1. The van der Waals surface area contributed by atoms with Crippen molar-refractivity contribution in [1.29, 1.82) is 0 Å². The average molecular weight is 643 g/mol. The Labute approximate surface area is 275 Å². The topological polar surface area (TPSA) is 124 Å². The lowest BCUT2D eigenvalue weighted by Crippen LogP contribution is -2.31. The summed E-state index contributed by atoms with van der Waals surface area (Å²) in [6.45, 7) is 7.95. The van der Waals surface area contributed by atoms with Gasteiger partial charge in [-0.25, -0.2) is 9.37 Å². The van der Waals surface area contributed by atoms with Gasteiger partial charge in [-0.1, -0.05) is 30.7 Å². The van der Waals surface area contributed by atoms with Crippen molar-refractivity contribution in [2.45, 2.75) is 46.0 Å². The van der Waals surface area contributed by atoms with Crippen molar-refractivity contribution in [2.75, 3.05) is 50.5 Å². The molecule has 0 saturated carbocycles. The van der Waals surface area contributed by atoms with Gasteiger partial charge in [0.1, 0.15) is 5.56 Å². The van der Waals surface area contributed by atoms with Crippen molar-refractivity contribution < 1.29 is 23.4 Å². The number of carbonyl (C=O) groups is 1. The zero-order chi connectivity index (χ0) is 33.2. The van der Waals surface area contributed by atoms with Gasteiger partial charge in [0.2, 0.25) is 11.8 Å². The Bertz CT molecular complexity index is 1660. The lowest BCUT2D eigenvalue weighted by molar-refractivity contribution is 0.102. The van der Waals surface area contributed by atoms with Crippen LogP contribution in [0.3, 0.4) is 0 Å². The summed E-state index contributed by atoms with van der Waals surface area (Å²) in [6, 6.07) is 15.8. The van der Waals surface area contributed by atoms with E-state index in [0.717, 1.165) is 42.7 Å². The fraction of sp³-hybridized carbons (Fsp3) is 0.361. The molecule has 0 unspecified atom stereocenters. The van der Waals surface area contributed by atoms with E-state index < -0.39 is 11.7 Å². The normalized spacial score (nSPS) is 13.2. The van der Waals surface area contributed by atoms with E-state index in [2.05, 4.69) is 25.5 Å². The number of carbonyl (C=O) groups excluding carboxylic acids is 1. The highest BCUT2D eigenvalue weighted by Crippen LogP contribution is 2.34. The molecule has 10 nitrogen and oxygen atoms in total. The Balaban J connectivity index is 1.34. The molecule has 0 radical (unpaired) electrons. The van der Waals surface area contributed by atoms with Crippen molar-refractivity contribution in [3.05, 3.63) is 88.9 Å². The van der Waals surface area contributed by atoms with Crippen molar-refractivity contribution in [3.63, 3.8) is 0 Å². The maximum atomic E-state index is 15.0. The van der Waals surface area contributed by atoms with Gasteiger partial charge in [0.15, 0.2) is 23.1 Å². The molecule has 1 amide bonds. The second-order valence-corrected chi connectivity index (χ2v) is 11.6. The molecule has 0 atom stereocenters. The molecular weight excluding hydrogens is 599 g/mol. The van der Waals surface area contributed by atoms with Crippen LogP contribution in [0.15, 0.2) is 60.8 Å². The second kappa shape index (κ2) is 16.2. The first-order valence-corrected chi connectivity index (χ1v) is 16.1. The molecule has 4 aromatic rings. The summed E-state index contributed by atoms with van der Waals surface area (Å²) in [7, 11) is 1.53. The molecule has 2 heterocycles. The Morgan fingerprint density at radius 2 is 1.77 bits per heavy atom. The molecule has 1 aromatic heterocycles. The van der Waals surface area contributed by atoms with E-state index in [1.165, 1.54) is 38.6 Å². The number of nitrogens with zero attached hydrogens (tertiary/aromatic N) is 3. The van der Waals surface area contributed by atoms with Crippen LogP contribution in [0.1, 0.15) is 52.7 Å². The number of nitrogens with one attached hydrogen (secondary N) is 2. The number of likely N-dealkylation sites (tertiary alicyclic amines) is 1. The van der Waals surface area contributed by atoms with Crippen LogP contribution in [0.5, 0.6) is 23.1 Å². The number of ether oxygens (including phenoxy) is 3. The molecule has 248 valence electrons. The fourth-order valence-corrected chi connectivity index (χ4v) is 5.55. The van der Waals surface area contributed by atoms with Gasteiger partial charge >= 0.3 is 0 Å². The second-order valence-electron chi connectivity index (χ2n) is 11.6. The predicted octanol–water partition coefficient (Wildman–Crippen LogP) is 6.79. The highest BCUT2D eigenvalue weighted by atomic mass is 19.1. The van der Waals surface area contributed by atoms with E-state index in [0.29, 0.717) is 42.4 Å². The van der Waals surface area contributed by atoms with Crippen LogP contribution >= 0.6 is 0 Å². The van der Waals surface area contributed by atoms with E-state index in [1.54, 1.807) is 18.2 Å². The third-order valence-corrected chi connectivity index (χ3v) is 8.10. The van der Waals surface area contributed by atoms with Crippen LogP contribution in [0.25, 0.3) is 0 Å². The number of halogens is 1. The van der Waals surface area contributed by atoms with E-state index >= 15 is 0 Å². The molecule has 0 spiro atoms. The third-order valence-electron chi connectivity index (χ3n) is 8.10. The van der Waals surface area contributed by atoms with Gasteiger partial charge in [0.25, 0.3) is 5.91 Å². The SMILES string of the molecule is COc1cc(CCN)ccc1Oc1nc(Nc2ccc(OCCCN3CCCCC3)c(F)c2)ncc1C(=O)Nc1c(C)cccc1C. The van der Waals surface area contributed by atoms with Gasteiger partial charge in [-0.3, -0.25) is 4.79 Å². The number of hydrogen-bond donors (Lipinski definition) is 3. The summed E-state index contributed by atoms with van der Waals surface area (Å²) in [5, 5.41) is 5.98. The lowest BCUT2D eigenvalue weighted by Gasteiger charge is -2.26. The molecule has 4 N–H and O–H groups in total. The van der Waals surface area contributed by atoms with Gasteiger partial charge in [-0.05, 0) is 100 Å². The largest absolute Gasteiger partial charge is 0.493 e. The number of aryl methyl sites for hydroxylation is 2. The number of hydrogen-bond acceptors (Lipinski definition) is 9. The van der Waals surface area contributed by atoms with Crippen molar-refractivity contribution in [2.24, 2.45) is 5.73 Å². The summed E-state index contributed by atoms with van der Waals surface area (Å²) >= 11 is 0. The predicted molar refractivity (Wildman–Crippen MR) is 182 cm³/mol. The Hall–Kier alpha value is -4.74. The third kappa shape index (κ3) is 8.96. The molecule has 1 aliphatic heterocycles. The van der Waals surface area contributed by atoms with Gasteiger partial charge in [0, 0.05) is 30.2 Å². The number of para-hydroxylation sites is 1. The first kappa shape index (κ1) is 33.6. The minimum absolute atomic E-state index is 0.00903. The average Bonchev–Trinajstić information content (AvgIpc) is 3.07. The minimum Gasteiger partial charge on any atom is -0.493 e. The van der Waals surface area contributed by atoms with Gasteiger partial charge in [-0.2, -0.15) is 4.98 Å². The summed E-state index contributed by atoms with van der Waals surface area (Å²) in [5.74, 6) is 0.141. The summed E-state index contributed by atoms with van der Waals surface area (Å²) in [5.41, 5.74) is 9.73. The molecule has 3 aromatic carbocycles. The molecule has 0 aliphatic carbocycles. The monoisotopic (exact) mass is 642 g/mol. The van der Waals surface area contributed by atoms with Crippen LogP contribution in [0, 0.1) is 19.7 Å². The molecule has 1 saturated heterocycles.